The van der Waals surface area contributed by atoms with Crippen molar-refractivity contribution in [3.63, 3.8) is 0 Å². The molecule has 1 aliphatic carbocycles. The first kappa shape index (κ1) is 16.5. The number of hydrogen-bond acceptors (Lipinski definition) is 4. The van der Waals surface area contributed by atoms with E-state index in [9.17, 15) is 4.39 Å². The van der Waals surface area contributed by atoms with Crippen molar-refractivity contribution in [1.29, 1.82) is 0 Å². The van der Waals surface area contributed by atoms with E-state index < -0.39 is 0 Å². The summed E-state index contributed by atoms with van der Waals surface area (Å²) in [5.41, 5.74) is 8.60. The number of nitrogens with two attached hydrogens (primary N) is 1. The topological polar surface area (TPSA) is 55.0 Å². The van der Waals surface area contributed by atoms with Gasteiger partial charge in [0, 0.05) is 30.3 Å². The number of aromatic nitrogens is 2. The monoisotopic (exact) mass is 340 g/mol. The first-order valence-corrected chi connectivity index (χ1v) is 9.33. The molecule has 1 atom stereocenters. The van der Waals surface area contributed by atoms with Gasteiger partial charge in [-0.15, -0.1) is 0 Å². The summed E-state index contributed by atoms with van der Waals surface area (Å²) in [5.74, 6) is 0.391. The molecule has 4 nitrogen and oxygen atoms in total. The first-order chi connectivity index (χ1) is 12.2. The van der Waals surface area contributed by atoms with Crippen LogP contribution in [0.1, 0.15) is 50.1 Å². The Hall–Kier alpha value is -2.01. The smallest absolute Gasteiger partial charge is 0.220 e. The van der Waals surface area contributed by atoms with E-state index in [0.29, 0.717) is 11.9 Å². The van der Waals surface area contributed by atoms with Crippen LogP contribution in [-0.2, 0) is 0 Å². The Morgan fingerprint density at radius 2 is 1.96 bits per heavy atom. The first-order valence-electron chi connectivity index (χ1n) is 9.33. The number of benzene rings is 1. The number of hydrogen-bond donors (Lipinski definition) is 1. The maximum Gasteiger partial charge on any atom is 0.220 e. The maximum absolute atomic E-state index is 13.7. The van der Waals surface area contributed by atoms with Gasteiger partial charge in [-0.05, 0) is 49.9 Å². The van der Waals surface area contributed by atoms with Crippen molar-refractivity contribution >= 4 is 5.95 Å². The Kier molecular flexibility index (Phi) is 4.66. The van der Waals surface area contributed by atoms with E-state index >= 15 is 0 Å². The van der Waals surface area contributed by atoms with E-state index in [-0.39, 0.29) is 5.82 Å². The predicted molar refractivity (Wildman–Crippen MR) is 97.6 cm³/mol. The second-order valence-electron chi connectivity index (χ2n) is 7.31. The summed E-state index contributed by atoms with van der Waals surface area (Å²) in [7, 11) is 0. The second kappa shape index (κ2) is 7.08. The highest BCUT2D eigenvalue weighted by Gasteiger charge is 2.30. The van der Waals surface area contributed by atoms with Gasteiger partial charge in [0.1, 0.15) is 5.82 Å². The van der Waals surface area contributed by atoms with Gasteiger partial charge in [0.2, 0.25) is 5.95 Å². The molecule has 0 radical (unpaired) electrons. The lowest BCUT2D eigenvalue weighted by molar-refractivity contribution is 0.149. The van der Waals surface area contributed by atoms with Crippen molar-refractivity contribution in [3.8, 4) is 11.1 Å². The van der Waals surface area contributed by atoms with Crippen LogP contribution in [0.3, 0.4) is 0 Å². The van der Waals surface area contributed by atoms with Crippen LogP contribution in [0.5, 0.6) is 0 Å². The number of nitrogens with zero attached hydrogens (tertiary/aromatic N) is 3. The van der Waals surface area contributed by atoms with E-state index in [1.807, 2.05) is 6.07 Å². The largest absolute Gasteiger partial charge is 0.368 e. The van der Waals surface area contributed by atoms with Crippen molar-refractivity contribution < 1.29 is 4.39 Å². The van der Waals surface area contributed by atoms with Crippen LogP contribution in [0, 0.1) is 5.82 Å². The fraction of sp³-hybridized carbons (Fsp3) is 0.500. The number of rotatable bonds is 3. The van der Waals surface area contributed by atoms with E-state index in [1.165, 1.54) is 44.7 Å². The number of halogens is 1. The molecule has 4 rings (SSSR count). The van der Waals surface area contributed by atoms with Crippen molar-refractivity contribution in [3.05, 3.63) is 42.0 Å². The van der Waals surface area contributed by atoms with Gasteiger partial charge in [-0.25, -0.2) is 14.4 Å². The molecule has 1 saturated heterocycles. The molecule has 0 amide bonds. The minimum absolute atomic E-state index is 0.239. The highest BCUT2D eigenvalue weighted by atomic mass is 19.1. The Morgan fingerprint density at radius 1 is 1.12 bits per heavy atom. The molecule has 0 unspecified atom stereocenters. The van der Waals surface area contributed by atoms with E-state index in [4.69, 9.17) is 5.73 Å². The van der Waals surface area contributed by atoms with Crippen molar-refractivity contribution in [1.82, 2.24) is 14.9 Å². The van der Waals surface area contributed by atoms with E-state index in [2.05, 4.69) is 14.9 Å². The average Bonchev–Trinajstić information content (AvgIpc) is 3.16. The molecular formula is C20H25FN4. The third-order valence-electron chi connectivity index (χ3n) is 5.65. The predicted octanol–water partition coefficient (Wildman–Crippen LogP) is 3.99. The summed E-state index contributed by atoms with van der Waals surface area (Å²) >= 11 is 0. The summed E-state index contributed by atoms with van der Waals surface area (Å²) in [5, 5.41) is 0. The molecule has 2 aromatic rings. The van der Waals surface area contributed by atoms with Gasteiger partial charge in [-0.1, -0.05) is 25.0 Å². The Bertz CT molecular complexity index is 742. The molecule has 2 heterocycles. The standard InChI is InChI=1S/C20H25FN4/c21-16-7-3-5-14(11-16)18-12-23-20(22)24-19(18)15-6-4-10-25(13-15)17-8-1-2-9-17/h3,5,7,11-12,15,17H,1-2,4,6,8-10,13H2,(H2,22,23,24)/t15-/m1/s1. The number of piperidine rings is 1. The quantitative estimate of drug-likeness (QED) is 0.918. The van der Waals surface area contributed by atoms with Crippen LogP contribution < -0.4 is 5.73 Å². The molecular weight excluding hydrogens is 315 g/mol. The zero-order valence-electron chi connectivity index (χ0n) is 14.5. The molecule has 1 saturated carbocycles. The van der Waals surface area contributed by atoms with E-state index in [1.54, 1.807) is 18.3 Å². The van der Waals surface area contributed by atoms with Gasteiger partial charge in [0.25, 0.3) is 0 Å². The SMILES string of the molecule is Nc1ncc(-c2cccc(F)c2)c([C@@H]2CCCN(C3CCCC3)C2)n1. The summed E-state index contributed by atoms with van der Waals surface area (Å²) in [4.78, 5) is 11.4. The van der Waals surface area contributed by atoms with Gasteiger partial charge in [-0.3, -0.25) is 4.90 Å². The molecule has 25 heavy (non-hydrogen) atoms. The Morgan fingerprint density at radius 3 is 2.76 bits per heavy atom. The second-order valence-corrected chi connectivity index (χ2v) is 7.31. The molecule has 1 aromatic heterocycles. The molecule has 1 aliphatic heterocycles. The van der Waals surface area contributed by atoms with Gasteiger partial charge in [0.05, 0.1) is 5.69 Å². The van der Waals surface area contributed by atoms with Crippen LogP contribution in [-0.4, -0.2) is 34.0 Å². The van der Waals surface area contributed by atoms with E-state index in [0.717, 1.165) is 35.8 Å². The molecule has 0 spiro atoms. The summed E-state index contributed by atoms with van der Waals surface area (Å²) in [6.45, 7) is 2.19. The van der Waals surface area contributed by atoms with Gasteiger partial charge >= 0.3 is 0 Å². The molecule has 2 aliphatic rings. The fourth-order valence-corrected chi connectivity index (χ4v) is 4.43. The third-order valence-corrected chi connectivity index (χ3v) is 5.65. The van der Waals surface area contributed by atoms with Gasteiger partial charge in [0.15, 0.2) is 0 Å². The zero-order chi connectivity index (χ0) is 17.2. The third kappa shape index (κ3) is 3.52. The lowest BCUT2D eigenvalue weighted by atomic mass is 9.89. The molecule has 0 bridgehead atoms. The molecule has 1 aromatic carbocycles. The molecule has 2 N–H and O–H groups in total. The van der Waals surface area contributed by atoms with Crippen LogP contribution in [0.4, 0.5) is 10.3 Å². The molecule has 132 valence electrons. The molecule has 5 heteroatoms. The lowest BCUT2D eigenvalue weighted by Crippen LogP contribution is -2.41. The van der Waals surface area contributed by atoms with Crippen LogP contribution in [0.15, 0.2) is 30.5 Å². The summed E-state index contributed by atoms with van der Waals surface area (Å²) in [6.07, 6.45) is 9.35. The normalized spacial score (nSPS) is 22.4. The van der Waals surface area contributed by atoms with Crippen molar-refractivity contribution in [2.24, 2.45) is 0 Å². The zero-order valence-corrected chi connectivity index (χ0v) is 14.5. The molecule has 2 fully saturated rings. The van der Waals surface area contributed by atoms with Crippen molar-refractivity contribution in [2.45, 2.75) is 50.5 Å². The summed E-state index contributed by atoms with van der Waals surface area (Å²) in [6, 6.07) is 7.38. The van der Waals surface area contributed by atoms with Gasteiger partial charge in [-0.2, -0.15) is 0 Å². The van der Waals surface area contributed by atoms with Crippen LogP contribution >= 0.6 is 0 Å². The Balaban J connectivity index is 1.65. The lowest BCUT2D eigenvalue weighted by Gasteiger charge is -2.37. The minimum Gasteiger partial charge on any atom is -0.368 e. The maximum atomic E-state index is 13.7. The highest BCUT2D eigenvalue weighted by Crippen LogP contribution is 2.36. The van der Waals surface area contributed by atoms with Crippen LogP contribution in [0.2, 0.25) is 0 Å². The fourth-order valence-electron chi connectivity index (χ4n) is 4.43. The number of anilines is 1. The van der Waals surface area contributed by atoms with Crippen molar-refractivity contribution in [2.75, 3.05) is 18.8 Å². The van der Waals surface area contributed by atoms with Gasteiger partial charge < -0.3 is 5.73 Å². The van der Waals surface area contributed by atoms with Crippen LogP contribution in [0.25, 0.3) is 11.1 Å². The minimum atomic E-state index is -0.239. The number of nitrogen functional groups attached to an aromatic ring is 1. The summed E-state index contributed by atoms with van der Waals surface area (Å²) < 4.78 is 13.7. The average molecular weight is 340 g/mol. The number of likely N-dealkylation sites (tertiary alicyclic amines) is 1. The Labute approximate surface area is 148 Å². The highest BCUT2D eigenvalue weighted by molar-refractivity contribution is 5.66.